The Morgan fingerprint density at radius 2 is 2.06 bits per heavy atom. The maximum atomic E-state index is 12.7. The molecule has 0 radical (unpaired) electrons. The first kappa shape index (κ1) is 10.9. The van der Waals surface area contributed by atoms with Crippen molar-refractivity contribution in [3.8, 4) is 11.5 Å². The highest BCUT2D eigenvalue weighted by molar-refractivity contribution is 5.53. The van der Waals surface area contributed by atoms with Crippen LogP contribution in [0.2, 0.25) is 0 Å². The molecule has 0 aromatic heterocycles. The van der Waals surface area contributed by atoms with E-state index in [9.17, 15) is 13.6 Å². The van der Waals surface area contributed by atoms with Gasteiger partial charge in [-0.15, -0.1) is 8.78 Å². The number of carbonyl (C=O) groups is 1. The summed E-state index contributed by atoms with van der Waals surface area (Å²) in [6, 6.07) is 4.55. The van der Waals surface area contributed by atoms with Crippen molar-refractivity contribution in [3.05, 3.63) is 23.8 Å². The zero-order valence-corrected chi connectivity index (χ0v) is 8.57. The minimum Gasteiger partial charge on any atom is -0.395 e. The van der Waals surface area contributed by atoms with Gasteiger partial charge in [-0.1, -0.05) is 13.0 Å². The predicted molar refractivity (Wildman–Crippen MR) is 51.7 cm³/mol. The van der Waals surface area contributed by atoms with Crippen LogP contribution in [0.25, 0.3) is 0 Å². The van der Waals surface area contributed by atoms with E-state index in [2.05, 4.69) is 9.47 Å². The van der Waals surface area contributed by atoms with E-state index < -0.39 is 6.29 Å². The van der Waals surface area contributed by atoms with Gasteiger partial charge >= 0.3 is 6.29 Å². The van der Waals surface area contributed by atoms with Gasteiger partial charge in [-0.3, -0.25) is 0 Å². The van der Waals surface area contributed by atoms with Gasteiger partial charge in [0, 0.05) is 6.42 Å². The summed E-state index contributed by atoms with van der Waals surface area (Å²) in [6.45, 7) is 1.84. The fraction of sp³-hybridized carbons (Fsp3) is 0.364. The van der Waals surface area contributed by atoms with E-state index in [0.29, 0.717) is 6.42 Å². The van der Waals surface area contributed by atoms with Crippen LogP contribution >= 0.6 is 0 Å². The van der Waals surface area contributed by atoms with Crippen LogP contribution in [0.4, 0.5) is 8.78 Å². The average Bonchev–Trinajstić information content (AvgIpc) is 2.50. The number of benzene rings is 1. The van der Waals surface area contributed by atoms with Crippen molar-refractivity contribution in [1.82, 2.24) is 0 Å². The summed E-state index contributed by atoms with van der Waals surface area (Å²) >= 11 is 0. The molecule has 1 aromatic carbocycles. The molecule has 0 spiro atoms. The Morgan fingerprint density at radius 1 is 1.38 bits per heavy atom. The van der Waals surface area contributed by atoms with Crippen molar-refractivity contribution < 1.29 is 23.0 Å². The van der Waals surface area contributed by atoms with E-state index in [-0.39, 0.29) is 17.4 Å². The first-order valence-electron chi connectivity index (χ1n) is 4.85. The number of halogens is 2. The quantitative estimate of drug-likeness (QED) is 0.746. The van der Waals surface area contributed by atoms with Gasteiger partial charge in [-0.05, 0) is 23.6 Å². The fourth-order valence-corrected chi connectivity index (χ4v) is 1.55. The smallest absolute Gasteiger partial charge is 0.395 e. The fourth-order valence-electron chi connectivity index (χ4n) is 1.55. The Hall–Kier alpha value is -1.65. The van der Waals surface area contributed by atoms with Gasteiger partial charge in [0.25, 0.3) is 0 Å². The van der Waals surface area contributed by atoms with E-state index in [1.165, 1.54) is 12.1 Å². The molecule has 1 aromatic rings. The van der Waals surface area contributed by atoms with Crippen LogP contribution in [0, 0.1) is 0 Å². The molecule has 1 aliphatic rings. The lowest BCUT2D eigenvalue weighted by Crippen LogP contribution is -2.25. The van der Waals surface area contributed by atoms with Gasteiger partial charge in [-0.2, -0.15) is 0 Å². The van der Waals surface area contributed by atoms with E-state index >= 15 is 0 Å². The van der Waals surface area contributed by atoms with Crippen LogP contribution in [0.3, 0.4) is 0 Å². The number of fused-ring (bicyclic) bond motifs is 1. The van der Waals surface area contributed by atoms with Crippen molar-refractivity contribution >= 4 is 6.29 Å². The zero-order chi connectivity index (χ0) is 11.8. The molecule has 0 fully saturated rings. The molecule has 5 heteroatoms. The summed E-state index contributed by atoms with van der Waals surface area (Å²) in [5.74, 6) is 0.00734. The highest BCUT2D eigenvalue weighted by Gasteiger charge is 2.43. The second-order valence-electron chi connectivity index (χ2n) is 3.68. The number of rotatable bonds is 3. The van der Waals surface area contributed by atoms with E-state index in [4.69, 9.17) is 0 Å². The maximum Gasteiger partial charge on any atom is 0.586 e. The SMILES string of the molecule is CC(CC=O)c1ccc2c(c1)OC(F)(F)O2. The third-order valence-electron chi connectivity index (χ3n) is 2.44. The molecular weight excluding hydrogens is 218 g/mol. The first-order valence-corrected chi connectivity index (χ1v) is 4.85. The number of carbonyl (C=O) groups excluding carboxylic acids is 1. The molecule has 0 saturated heterocycles. The highest BCUT2D eigenvalue weighted by Crippen LogP contribution is 2.42. The molecule has 0 bridgehead atoms. The third-order valence-corrected chi connectivity index (χ3v) is 2.44. The second-order valence-corrected chi connectivity index (χ2v) is 3.68. The second kappa shape index (κ2) is 3.73. The maximum absolute atomic E-state index is 12.7. The van der Waals surface area contributed by atoms with Crippen molar-refractivity contribution in [3.63, 3.8) is 0 Å². The molecule has 0 amide bonds. The minimum atomic E-state index is -3.59. The Balaban J connectivity index is 2.25. The Kier molecular flexibility index (Phi) is 2.53. The Morgan fingerprint density at radius 3 is 2.75 bits per heavy atom. The molecule has 1 aliphatic heterocycles. The van der Waals surface area contributed by atoms with E-state index in [1.54, 1.807) is 6.07 Å². The molecule has 3 nitrogen and oxygen atoms in total. The topological polar surface area (TPSA) is 35.5 Å². The first-order chi connectivity index (χ1) is 7.52. The lowest BCUT2D eigenvalue weighted by molar-refractivity contribution is -0.286. The largest absolute Gasteiger partial charge is 0.586 e. The Labute approximate surface area is 91.0 Å². The minimum absolute atomic E-state index is 0.0141. The molecule has 2 rings (SSSR count). The summed E-state index contributed by atoms with van der Waals surface area (Å²) < 4.78 is 34.0. The van der Waals surface area contributed by atoms with Crippen LogP contribution in [0.15, 0.2) is 18.2 Å². The summed E-state index contributed by atoms with van der Waals surface area (Å²) in [7, 11) is 0. The average molecular weight is 228 g/mol. The molecule has 16 heavy (non-hydrogen) atoms. The van der Waals surface area contributed by atoms with Crippen LogP contribution in [0.5, 0.6) is 11.5 Å². The lowest BCUT2D eigenvalue weighted by Gasteiger charge is -2.08. The summed E-state index contributed by atoms with van der Waals surface area (Å²) in [5, 5.41) is 0. The van der Waals surface area contributed by atoms with Crippen LogP contribution < -0.4 is 9.47 Å². The van der Waals surface area contributed by atoms with Gasteiger partial charge in [0.1, 0.15) is 6.29 Å². The molecule has 0 aliphatic carbocycles. The highest BCUT2D eigenvalue weighted by atomic mass is 19.3. The van der Waals surface area contributed by atoms with Crippen LogP contribution in [-0.4, -0.2) is 12.6 Å². The molecule has 0 N–H and O–H groups in total. The molecule has 1 atom stereocenters. The van der Waals surface area contributed by atoms with Crippen molar-refractivity contribution in [2.45, 2.75) is 25.6 Å². The van der Waals surface area contributed by atoms with Gasteiger partial charge in [0.2, 0.25) is 0 Å². The predicted octanol–water partition coefficient (Wildman–Crippen LogP) is 2.70. The summed E-state index contributed by atoms with van der Waals surface area (Å²) in [4.78, 5) is 10.3. The summed E-state index contributed by atoms with van der Waals surface area (Å²) in [6.07, 6.45) is -2.45. The van der Waals surface area contributed by atoms with Gasteiger partial charge in [-0.25, -0.2) is 0 Å². The van der Waals surface area contributed by atoms with Gasteiger partial charge in [0.15, 0.2) is 11.5 Å². The normalized spacial score (nSPS) is 18.2. The van der Waals surface area contributed by atoms with Gasteiger partial charge < -0.3 is 14.3 Å². The van der Waals surface area contributed by atoms with Crippen molar-refractivity contribution in [1.29, 1.82) is 0 Å². The number of alkyl halides is 2. The number of hydrogen-bond donors (Lipinski definition) is 0. The molecule has 1 heterocycles. The third kappa shape index (κ3) is 1.98. The number of ether oxygens (including phenoxy) is 2. The van der Waals surface area contributed by atoms with Crippen LogP contribution in [0.1, 0.15) is 24.8 Å². The Bertz CT molecular complexity index is 418. The van der Waals surface area contributed by atoms with E-state index in [1.807, 2.05) is 6.92 Å². The molecular formula is C11H10F2O3. The van der Waals surface area contributed by atoms with Crippen LogP contribution in [-0.2, 0) is 4.79 Å². The number of hydrogen-bond acceptors (Lipinski definition) is 3. The zero-order valence-electron chi connectivity index (χ0n) is 8.57. The van der Waals surface area contributed by atoms with Crippen molar-refractivity contribution in [2.75, 3.05) is 0 Å². The number of aldehydes is 1. The standard InChI is InChI=1S/C11H10F2O3/c1-7(4-5-14)8-2-3-9-10(6-8)16-11(12,13)15-9/h2-3,5-7H,4H2,1H3. The van der Waals surface area contributed by atoms with Gasteiger partial charge in [0.05, 0.1) is 0 Å². The van der Waals surface area contributed by atoms with Crippen molar-refractivity contribution in [2.24, 2.45) is 0 Å². The summed E-state index contributed by atoms with van der Waals surface area (Å²) in [5.41, 5.74) is 0.771. The molecule has 1 unspecified atom stereocenters. The lowest BCUT2D eigenvalue weighted by atomic mass is 9.98. The molecule has 0 saturated carbocycles. The monoisotopic (exact) mass is 228 g/mol. The molecule has 86 valence electrons. The van der Waals surface area contributed by atoms with E-state index in [0.717, 1.165) is 11.8 Å².